The summed E-state index contributed by atoms with van der Waals surface area (Å²) >= 11 is 5.53. The van der Waals surface area contributed by atoms with Crippen LogP contribution in [-0.4, -0.2) is 36.9 Å². The molecule has 1 aliphatic rings. The number of hydrogen-bond acceptors (Lipinski definition) is 2. The molecule has 0 amide bonds. The van der Waals surface area contributed by atoms with E-state index in [-0.39, 0.29) is 11.8 Å². The van der Waals surface area contributed by atoms with E-state index in [2.05, 4.69) is 13.8 Å². The van der Waals surface area contributed by atoms with Gasteiger partial charge in [0.15, 0.2) is 0 Å². The Balaban J connectivity index is 2.69. The zero-order valence-electron chi connectivity index (χ0n) is 9.45. The minimum Gasteiger partial charge on any atom is -0.212 e. The van der Waals surface area contributed by atoms with Crippen molar-refractivity contribution in [3.63, 3.8) is 0 Å². The Kier molecular flexibility index (Phi) is 4.87. The molecule has 1 atom stereocenters. The first-order chi connectivity index (χ1) is 6.99. The molecule has 1 unspecified atom stereocenters. The highest BCUT2D eigenvalue weighted by Gasteiger charge is 2.35. The molecule has 0 aromatic rings. The van der Waals surface area contributed by atoms with Crippen LogP contribution in [0.15, 0.2) is 0 Å². The highest BCUT2D eigenvalue weighted by molar-refractivity contribution is 7.89. The van der Waals surface area contributed by atoms with E-state index in [4.69, 9.17) is 11.6 Å². The molecule has 0 aromatic carbocycles. The van der Waals surface area contributed by atoms with Crippen LogP contribution in [0.3, 0.4) is 0 Å². The molecule has 0 saturated carbocycles. The smallest absolute Gasteiger partial charge is 0.212 e. The van der Waals surface area contributed by atoms with Crippen LogP contribution in [0.2, 0.25) is 0 Å². The number of rotatable bonds is 5. The first kappa shape index (κ1) is 13.3. The monoisotopic (exact) mass is 253 g/mol. The largest absolute Gasteiger partial charge is 0.214 e. The zero-order chi connectivity index (χ0) is 11.5. The summed E-state index contributed by atoms with van der Waals surface area (Å²) in [5.41, 5.74) is 0. The number of alkyl halides is 1. The second kappa shape index (κ2) is 5.51. The van der Waals surface area contributed by atoms with Crippen molar-refractivity contribution in [2.45, 2.75) is 39.2 Å². The molecule has 0 bridgehead atoms. The average Bonchev–Trinajstić information content (AvgIpc) is 2.63. The van der Waals surface area contributed by atoms with Crippen molar-refractivity contribution in [1.82, 2.24) is 4.31 Å². The van der Waals surface area contributed by atoms with Gasteiger partial charge in [-0.15, -0.1) is 11.6 Å². The number of sulfonamides is 1. The van der Waals surface area contributed by atoms with Crippen LogP contribution in [0.1, 0.15) is 33.1 Å². The lowest BCUT2D eigenvalue weighted by molar-refractivity contribution is 0.315. The Morgan fingerprint density at radius 2 is 2.13 bits per heavy atom. The molecule has 1 saturated heterocycles. The van der Waals surface area contributed by atoms with E-state index in [1.165, 1.54) is 0 Å². The van der Waals surface area contributed by atoms with Gasteiger partial charge in [-0.25, -0.2) is 8.42 Å². The highest BCUT2D eigenvalue weighted by atomic mass is 35.5. The summed E-state index contributed by atoms with van der Waals surface area (Å²) in [5.74, 6) is 1.01. The topological polar surface area (TPSA) is 37.4 Å². The van der Waals surface area contributed by atoms with Gasteiger partial charge in [-0.05, 0) is 25.2 Å². The highest BCUT2D eigenvalue weighted by Crippen LogP contribution is 2.26. The Hall–Kier alpha value is 0.200. The van der Waals surface area contributed by atoms with Crippen LogP contribution in [-0.2, 0) is 10.0 Å². The van der Waals surface area contributed by atoms with Gasteiger partial charge in [-0.2, -0.15) is 4.31 Å². The fourth-order valence-corrected chi connectivity index (χ4v) is 4.34. The fraction of sp³-hybridized carbons (Fsp3) is 1.00. The second-order valence-electron chi connectivity index (χ2n) is 4.42. The van der Waals surface area contributed by atoms with E-state index >= 15 is 0 Å². The molecule has 15 heavy (non-hydrogen) atoms. The molecule has 1 fully saturated rings. The molecule has 0 N–H and O–H groups in total. The Labute approximate surface area is 97.8 Å². The van der Waals surface area contributed by atoms with Gasteiger partial charge in [0.05, 0.1) is 5.75 Å². The van der Waals surface area contributed by atoms with Gasteiger partial charge >= 0.3 is 0 Å². The van der Waals surface area contributed by atoms with Crippen molar-refractivity contribution in [3.8, 4) is 0 Å². The summed E-state index contributed by atoms with van der Waals surface area (Å²) in [7, 11) is -3.07. The lowest BCUT2D eigenvalue weighted by Gasteiger charge is -2.26. The van der Waals surface area contributed by atoms with Gasteiger partial charge in [-0.3, -0.25) is 0 Å². The van der Waals surface area contributed by atoms with Crippen molar-refractivity contribution in [2.75, 3.05) is 18.2 Å². The minimum absolute atomic E-state index is 0.194. The first-order valence-electron chi connectivity index (χ1n) is 5.54. The third-order valence-corrected chi connectivity index (χ3v) is 5.15. The summed E-state index contributed by atoms with van der Waals surface area (Å²) in [6.45, 7) is 4.85. The number of hydrogen-bond donors (Lipinski definition) is 0. The molecule has 1 rings (SSSR count). The molecule has 0 spiro atoms. The lowest BCUT2D eigenvalue weighted by atomic mass is 10.0. The molecule has 90 valence electrons. The minimum atomic E-state index is -3.07. The average molecular weight is 254 g/mol. The number of halogens is 1. The molecule has 5 heteroatoms. The second-order valence-corrected chi connectivity index (χ2v) is 6.84. The first-order valence-corrected chi connectivity index (χ1v) is 7.69. The summed E-state index contributed by atoms with van der Waals surface area (Å²) in [4.78, 5) is 0. The quantitative estimate of drug-likeness (QED) is 0.704. The van der Waals surface area contributed by atoms with Crippen molar-refractivity contribution in [3.05, 3.63) is 0 Å². The lowest BCUT2D eigenvalue weighted by Crippen LogP contribution is -2.39. The molecule has 0 aromatic heterocycles. The molecular formula is C10H20ClNO2S. The van der Waals surface area contributed by atoms with Crippen molar-refractivity contribution < 1.29 is 8.42 Å². The third kappa shape index (κ3) is 3.33. The van der Waals surface area contributed by atoms with E-state index in [1.807, 2.05) is 0 Å². The summed E-state index contributed by atoms with van der Waals surface area (Å²) in [6, 6.07) is 0.199. The summed E-state index contributed by atoms with van der Waals surface area (Å²) in [5, 5.41) is 0. The third-order valence-electron chi connectivity index (χ3n) is 2.91. The van der Waals surface area contributed by atoms with Crippen molar-refractivity contribution in [2.24, 2.45) is 5.92 Å². The zero-order valence-corrected chi connectivity index (χ0v) is 11.0. The van der Waals surface area contributed by atoms with E-state index < -0.39 is 10.0 Å². The molecule has 1 aliphatic heterocycles. The Morgan fingerprint density at radius 3 is 2.67 bits per heavy atom. The van der Waals surface area contributed by atoms with Crippen molar-refractivity contribution >= 4 is 21.6 Å². The van der Waals surface area contributed by atoms with Crippen LogP contribution in [0.4, 0.5) is 0 Å². The summed E-state index contributed by atoms with van der Waals surface area (Å²) in [6.07, 6.45) is 2.53. The van der Waals surface area contributed by atoms with E-state index in [0.29, 0.717) is 24.8 Å². The molecule has 3 nitrogen and oxygen atoms in total. The Morgan fingerprint density at radius 1 is 1.47 bits per heavy atom. The van der Waals surface area contributed by atoms with Crippen LogP contribution in [0.25, 0.3) is 0 Å². The van der Waals surface area contributed by atoms with Crippen molar-refractivity contribution in [1.29, 1.82) is 0 Å². The maximum Gasteiger partial charge on any atom is 0.214 e. The predicted octanol–water partition coefficient (Wildman–Crippen LogP) is 2.07. The van der Waals surface area contributed by atoms with Crippen LogP contribution in [0.5, 0.6) is 0 Å². The van der Waals surface area contributed by atoms with Gasteiger partial charge in [0.2, 0.25) is 10.0 Å². The van der Waals surface area contributed by atoms with E-state index in [9.17, 15) is 8.42 Å². The predicted molar refractivity (Wildman–Crippen MR) is 63.7 cm³/mol. The van der Waals surface area contributed by atoms with E-state index in [0.717, 1.165) is 12.8 Å². The van der Waals surface area contributed by atoms with Crippen LogP contribution in [0, 0.1) is 5.92 Å². The normalized spacial score (nSPS) is 23.9. The molecular weight excluding hydrogens is 234 g/mol. The maximum absolute atomic E-state index is 12.0. The molecule has 0 aliphatic carbocycles. The molecule has 0 radical (unpaired) electrons. The Bertz CT molecular complexity index is 290. The van der Waals surface area contributed by atoms with Gasteiger partial charge < -0.3 is 0 Å². The van der Waals surface area contributed by atoms with Crippen LogP contribution >= 0.6 is 11.6 Å². The van der Waals surface area contributed by atoms with Gasteiger partial charge in [0.25, 0.3) is 0 Å². The fourth-order valence-electron chi connectivity index (χ4n) is 2.13. The van der Waals surface area contributed by atoms with Crippen LogP contribution < -0.4 is 0 Å². The summed E-state index contributed by atoms with van der Waals surface area (Å²) < 4.78 is 25.6. The van der Waals surface area contributed by atoms with E-state index in [1.54, 1.807) is 4.31 Å². The van der Waals surface area contributed by atoms with Gasteiger partial charge in [-0.1, -0.05) is 13.8 Å². The number of nitrogens with zero attached hydrogens (tertiary/aromatic N) is 1. The maximum atomic E-state index is 12.0. The van der Waals surface area contributed by atoms with Gasteiger partial charge in [0, 0.05) is 18.5 Å². The standard InChI is InChI=1S/C10H20ClNO2S/c1-9(2)10-5-3-7-12(10)15(13,14)8-4-6-11/h9-10H,3-8H2,1-2H3. The van der Waals surface area contributed by atoms with Gasteiger partial charge in [0.1, 0.15) is 0 Å². The molecule has 1 heterocycles. The SMILES string of the molecule is CC(C)C1CCCN1S(=O)(=O)CCCCl.